The first-order valence-corrected chi connectivity index (χ1v) is 7.95. The summed E-state index contributed by atoms with van der Waals surface area (Å²) in [6, 6.07) is 6.73. The zero-order valence-electron chi connectivity index (χ0n) is 10.8. The van der Waals surface area contributed by atoms with Crippen LogP contribution in [0.2, 0.25) is 0 Å². The van der Waals surface area contributed by atoms with Crippen molar-refractivity contribution in [1.29, 1.82) is 0 Å². The standard InChI is InChI=1S/C16H18BrN/c1-2-11-7-8-16-13(9-11)14(10-17)12-5-3-4-6-15(12)18-16/h7-9H,2-6,10H2,1H3. The molecular formula is C16H18BrN. The summed E-state index contributed by atoms with van der Waals surface area (Å²) in [5, 5.41) is 2.30. The highest BCUT2D eigenvalue weighted by atomic mass is 79.9. The fourth-order valence-corrected chi connectivity index (χ4v) is 3.58. The SMILES string of the molecule is CCc1ccc2nc3c(c(CBr)c2c1)CCCC3. The van der Waals surface area contributed by atoms with Crippen LogP contribution in [0.25, 0.3) is 10.9 Å². The Hall–Kier alpha value is -0.890. The number of pyridine rings is 1. The Morgan fingerprint density at radius 1 is 1.22 bits per heavy atom. The molecule has 0 radical (unpaired) electrons. The molecule has 0 atom stereocenters. The van der Waals surface area contributed by atoms with E-state index in [0.29, 0.717) is 0 Å². The van der Waals surface area contributed by atoms with Crippen LogP contribution in [-0.4, -0.2) is 4.98 Å². The lowest BCUT2D eigenvalue weighted by Gasteiger charge is -2.20. The third-order valence-corrected chi connectivity index (χ3v) is 4.55. The van der Waals surface area contributed by atoms with Gasteiger partial charge in [-0.2, -0.15) is 0 Å². The smallest absolute Gasteiger partial charge is 0.0708 e. The highest BCUT2D eigenvalue weighted by molar-refractivity contribution is 9.08. The summed E-state index contributed by atoms with van der Waals surface area (Å²) < 4.78 is 0. The lowest BCUT2D eigenvalue weighted by molar-refractivity contribution is 0.667. The number of fused-ring (bicyclic) bond motifs is 2. The Morgan fingerprint density at radius 3 is 2.83 bits per heavy atom. The van der Waals surface area contributed by atoms with Gasteiger partial charge in [-0.15, -0.1) is 0 Å². The summed E-state index contributed by atoms with van der Waals surface area (Å²) in [7, 11) is 0. The van der Waals surface area contributed by atoms with E-state index in [1.54, 1.807) is 0 Å². The van der Waals surface area contributed by atoms with E-state index in [2.05, 4.69) is 41.1 Å². The van der Waals surface area contributed by atoms with Crippen LogP contribution < -0.4 is 0 Å². The van der Waals surface area contributed by atoms with Crippen molar-refractivity contribution < 1.29 is 0 Å². The third-order valence-electron chi connectivity index (χ3n) is 3.99. The quantitative estimate of drug-likeness (QED) is 0.741. The first-order chi connectivity index (χ1) is 8.83. The van der Waals surface area contributed by atoms with Gasteiger partial charge in [0, 0.05) is 16.4 Å². The maximum atomic E-state index is 4.88. The molecule has 1 aliphatic carbocycles. The first kappa shape index (κ1) is 12.2. The summed E-state index contributed by atoms with van der Waals surface area (Å²) in [6.07, 6.45) is 6.05. The van der Waals surface area contributed by atoms with E-state index in [-0.39, 0.29) is 0 Å². The van der Waals surface area contributed by atoms with Gasteiger partial charge in [-0.05, 0) is 60.9 Å². The van der Waals surface area contributed by atoms with Crippen molar-refractivity contribution in [2.24, 2.45) is 0 Å². The lowest BCUT2D eigenvalue weighted by atomic mass is 9.90. The average Bonchev–Trinajstić information content (AvgIpc) is 2.44. The van der Waals surface area contributed by atoms with E-state index < -0.39 is 0 Å². The number of aryl methyl sites for hydroxylation is 2. The van der Waals surface area contributed by atoms with E-state index in [1.807, 2.05) is 0 Å². The Morgan fingerprint density at radius 2 is 2.06 bits per heavy atom. The summed E-state index contributed by atoms with van der Waals surface area (Å²) in [6.45, 7) is 2.21. The lowest BCUT2D eigenvalue weighted by Crippen LogP contribution is -2.09. The summed E-state index contributed by atoms with van der Waals surface area (Å²) >= 11 is 3.68. The minimum atomic E-state index is 0.946. The van der Waals surface area contributed by atoms with Crippen molar-refractivity contribution in [2.75, 3.05) is 0 Å². The van der Waals surface area contributed by atoms with Gasteiger partial charge in [0.05, 0.1) is 5.52 Å². The van der Waals surface area contributed by atoms with Crippen molar-refractivity contribution in [3.05, 3.63) is 40.6 Å². The third kappa shape index (κ3) is 1.97. The maximum absolute atomic E-state index is 4.88. The largest absolute Gasteiger partial charge is 0.253 e. The second-order valence-corrected chi connectivity index (χ2v) is 5.62. The molecule has 2 heteroatoms. The predicted molar refractivity (Wildman–Crippen MR) is 80.4 cm³/mol. The summed E-state index contributed by atoms with van der Waals surface area (Å²) in [5.41, 5.74) is 6.90. The van der Waals surface area contributed by atoms with Crippen molar-refractivity contribution in [1.82, 2.24) is 4.98 Å². The Bertz CT molecular complexity index is 589. The summed E-state index contributed by atoms with van der Waals surface area (Å²) in [4.78, 5) is 4.88. The number of hydrogen-bond acceptors (Lipinski definition) is 1. The number of benzene rings is 1. The number of aromatic nitrogens is 1. The zero-order valence-corrected chi connectivity index (χ0v) is 12.4. The number of alkyl halides is 1. The number of rotatable bonds is 2. The number of halogens is 1. The predicted octanol–water partition coefficient (Wildman–Crippen LogP) is 4.57. The van der Waals surface area contributed by atoms with Gasteiger partial charge in [-0.3, -0.25) is 4.98 Å². The van der Waals surface area contributed by atoms with E-state index in [0.717, 1.165) is 18.2 Å². The van der Waals surface area contributed by atoms with E-state index >= 15 is 0 Å². The highest BCUT2D eigenvalue weighted by Crippen LogP contribution is 2.31. The van der Waals surface area contributed by atoms with Gasteiger partial charge in [0.25, 0.3) is 0 Å². The van der Waals surface area contributed by atoms with Crippen LogP contribution in [0.15, 0.2) is 18.2 Å². The fourth-order valence-electron chi connectivity index (χ4n) is 2.94. The van der Waals surface area contributed by atoms with Crippen molar-refractivity contribution in [3.8, 4) is 0 Å². The summed E-state index contributed by atoms with van der Waals surface area (Å²) in [5.74, 6) is 0. The molecule has 1 nitrogen and oxygen atoms in total. The van der Waals surface area contributed by atoms with Gasteiger partial charge in [0.2, 0.25) is 0 Å². The normalized spacial score (nSPS) is 14.8. The molecule has 0 aliphatic heterocycles. The molecule has 0 N–H and O–H groups in total. The molecular weight excluding hydrogens is 286 g/mol. The molecule has 1 aromatic carbocycles. The zero-order chi connectivity index (χ0) is 12.5. The van der Waals surface area contributed by atoms with Crippen molar-refractivity contribution in [3.63, 3.8) is 0 Å². The molecule has 0 fully saturated rings. The molecule has 18 heavy (non-hydrogen) atoms. The molecule has 1 heterocycles. The minimum Gasteiger partial charge on any atom is -0.253 e. The molecule has 0 bridgehead atoms. The van der Waals surface area contributed by atoms with Gasteiger partial charge in [0.1, 0.15) is 0 Å². The van der Waals surface area contributed by atoms with E-state index in [9.17, 15) is 0 Å². The molecule has 0 saturated heterocycles. The Balaban J connectivity index is 2.30. The number of nitrogens with zero attached hydrogens (tertiary/aromatic N) is 1. The molecule has 3 rings (SSSR count). The number of hydrogen-bond donors (Lipinski definition) is 0. The second kappa shape index (κ2) is 5.00. The van der Waals surface area contributed by atoms with Crippen LogP contribution in [0.3, 0.4) is 0 Å². The van der Waals surface area contributed by atoms with Crippen molar-refractivity contribution in [2.45, 2.75) is 44.4 Å². The van der Waals surface area contributed by atoms with Crippen LogP contribution in [-0.2, 0) is 24.6 Å². The van der Waals surface area contributed by atoms with Gasteiger partial charge in [-0.25, -0.2) is 0 Å². The van der Waals surface area contributed by atoms with Crippen LogP contribution in [0.5, 0.6) is 0 Å². The van der Waals surface area contributed by atoms with E-state index in [1.165, 1.54) is 52.5 Å². The first-order valence-electron chi connectivity index (χ1n) is 6.82. The van der Waals surface area contributed by atoms with Gasteiger partial charge in [0.15, 0.2) is 0 Å². The van der Waals surface area contributed by atoms with Crippen LogP contribution in [0.4, 0.5) is 0 Å². The van der Waals surface area contributed by atoms with Gasteiger partial charge in [-0.1, -0.05) is 28.9 Å². The monoisotopic (exact) mass is 303 g/mol. The molecule has 1 aromatic heterocycles. The van der Waals surface area contributed by atoms with Crippen LogP contribution >= 0.6 is 15.9 Å². The van der Waals surface area contributed by atoms with Gasteiger partial charge >= 0.3 is 0 Å². The van der Waals surface area contributed by atoms with Gasteiger partial charge < -0.3 is 0 Å². The highest BCUT2D eigenvalue weighted by Gasteiger charge is 2.17. The molecule has 94 valence electrons. The molecule has 0 unspecified atom stereocenters. The second-order valence-electron chi connectivity index (χ2n) is 5.06. The molecule has 0 saturated carbocycles. The molecule has 0 amide bonds. The molecule has 2 aromatic rings. The fraction of sp³-hybridized carbons (Fsp3) is 0.438. The molecule has 1 aliphatic rings. The average molecular weight is 304 g/mol. The Labute approximate surface area is 117 Å². The topological polar surface area (TPSA) is 12.9 Å². The Kier molecular flexibility index (Phi) is 3.38. The van der Waals surface area contributed by atoms with Crippen LogP contribution in [0.1, 0.15) is 42.1 Å². The van der Waals surface area contributed by atoms with Crippen molar-refractivity contribution >= 4 is 26.8 Å². The minimum absolute atomic E-state index is 0.946. The van der Waals surface area contributed by atoms with Crippen LogP contribution in [0, 0.1) is 0 Å². The van der Waals surface area contributed by atoms with E-state index in [4.69, 9.17) is 4.98 Å². The maximum Gasteiger partial charge on any atom is 0.0708 e. The molecule has 0 spiro atoms.